The molecule has 0 radical (unpaired) electrons. The predicted molar refractivity (Wildman–Crippen MR) is 96.9 cm³/mol. The number of benzene rings is 1. The molecule has 5 nitrogen and oxygen atoms in total. The first kappa shape index (κ1) is 19.2. The first-order chi connectivity index (χ1) is 11.6. The molecular formula is C18H30N2O3S. The number of piperidine rings is 1. The highest BCUT2D eigenvalue weighted by Gasteiger charge is 2.20. The van der Waals surface area contributed by atoms with Crippen LogP contribution in [0.4, 0.5) is 0 Å². The van der Waals surface area contributed by atoms with Gasteiger partial charge in [0.25, 0.3) is 0 Å². The first-order valence-electron chi connectivity index (χ1n) is 9.03. The Morgan fingerprint density at radius 2 is 1.96 bits per heavy atom. The molecular weight excluding hydrogens is 324 g/mol. The molecule has 2 rings (SSSR count). The van der Waals surface area contributed by atoms with Gasteiger partial charge >= 0.3 is 0 Å². The lowest BCUT2D eigenvalue weighted by Gasteiger charge is -2.35. The summed E-state index contributed by atoms with van der Waals surface area (Å²) in [6.45, 7) is 7.28. The average Bonchev–Trinajstić information content (AvgIpc) is 2.60. The largest absolute Gasteiger partial charge is 0.494 e. The number of ether oxygens (including phenoxy) is 1. The van der Waals surface area contributed by atoms with E-state index in [1.165, 1.54) is 25.7 Å². The van der Waals surface area contributed by atoms with Crippen LogP contribution >= 0.6 is 0 Å². The summed E-state index contributed by atoms with van der Waals surface area (Å²) in [5.74, 6) is 0.687. The predicted octanol–water partition coefficient (Wildman–Crippen LogP) is 3.02. The molecule has 0 amide bonds. The van der Waals surface area contributed by atoms with Crippen molar-refractivity contribution in [1.29, 1.82) is 0 Å². The molecule has 1 aromatic rings. The van der Waals surface area contributed by atoms with Gasteiger partial charge in [0, 0.05) is 12.6 Å². The summed E-state index contributed by atoms with van der Waals surface area (Å²) in [5.41, 5.74) is 0. The van der Waals surface area contributed by atoms with Crippen molar-refractivity contribution in [1.82, 2.24) is 9.62 Å². The van der Waals surface area contributed by atoms with Crippen LogP contribution in [0.5, 0.6) is 5.75 Å². The normalized spacial score (nSPS) is 19.3. The van der Waals surface area contributed by atoms with Crippen molar-refractivity contribution < 1.29 is 13.2 Å². The van der Waals surface area contributed by atoms with Crippen molar-refractivity contribution in [3.63, 3.8) is 0 Å². The van der Waals surface area contributed by atoms with Crippen molar-refractivity contribution in [3.05, 3.63) is 24.3 Å². The summed E-state index contributed by atoms with van der Waals surface area (Å²) in [7, 11) is -3.44. The van der Waals surface area contributed by atoms with Gasteiger partial charge in [-0.1, -0.05) is 13.3 Å². The fraction of sp³-hybridized carbons (Fsp3) is 0.667. The maximum Gasteiger partial charge on any atom is 0.240 e. The second-order valence-corrected chi connectivity index (χ2v) is 8.02. The summed E-state index contributed by atoms with van der Waals surface area (Å²) in [6.07, 6.45) is 5.87. The molecule has 6 heteroatoms. The SMILES string of the molecule is CCOc1ccc(S(=O)(=O)NCCCN2CCCC[C@@H]2CC)cc1. The van der Waals surface area contributed by atoms with Gasteiger partial charge in [-0.3, -0.25) is 0 Å². The Labute approximate surface area is 146 Å². The molecule has 0 bridgehead atoms. The Balaban J connectivity index is 1.79. The van der Waals surface area contributed by atoms with Crippen molar-refractivity contribution in [2.75, 3.05) is 26.2 Å². The van der Waals surface area contributed by atoms with Gasteiger partial charge in [0.1, 0.15) is 5.75 Å². The zero-order valence-corrected chi connectivity index (χ0v) is 15.6. The molecule has 136 valence electrons. The molecule has 1 aromatic carbocycles. The van der Waals surface area contributed by atoms with E-state index in [4.69, 9.17) is 4.74 Å². The van der Waals surface area contributed by atoms with Crippen LogP contribution in [0.3, 0.4) is 0 Å². The van der Waals surface area contributed by atoms with Gasteiger partial charge in [-0.25, -0.2) is 13.1 Å². The summed E-state index contributed by atoms with van der Waals surface area (Å²) in [5, 5.41) is 0. The molecule has 1 aliphatic heterocycles. The van der Waals surface area contributed by atoms with Crippen LogP contribution in [0.2, 0.25) is 0 Å². The molecule has 1 saturated heterocycles. The monoisotopic (exact) mass is 354 g/mol. The molecule has 1 fully saturated rings. The molecule has 0 aromatic heterocycles. The molecule has 1 heterocycles. The lowest BCUT2D eigenvalue weighted by Crippen LogP contribution is -2.40. The molecule has 24 heavy (non-hydrogen) atoms. The third kappa shape index (κ3) is 5.46. The lowest BCUT2D eigenvalue weighted by atomic mass is 10.00. The molecule has 1 atom stereocenters. The second-order valence-electron chi connectivity index (χ2n) is 6.25. The van der Waals surface area contributed by atoms with Crippen LogP contribution < -0.4 is 9.46 Å². The van der Waals surface area contributed by atoms with E-state index in [0.717, 1.165) is 19.5 Å². The lowest BCUT2D eigenvalue weighted by molar-refractivity contribution is 0.143. The minimum Gasteiger partial charge on any atom is -0.494 e. The van der Waals surface area contributed by atoms with Crippen LogP contribution in [-0.4, -0.2) is 45.6 Å². The Morgan fingerprint density at radius 3 is 2.62 bits per heavy atom. The van der Waals surface area contributed by atoms with Gasteiger partial charge in [-0.05, 0) is 70.0 Å². The van der Waals surface area contributed by atoms with E-state index in [2.05, 4.69) is 16.5 Å². The summed E-state index contributed by atoms with van der Waals surface area (Å²) in [6, 6.07) is 7.23. The Bertz CT molecular complexity index is 587. The number of nitrogens with zero attached hydrogens (tertiary/aromatic N) is 1. The standard InChI is InChI=1S/C18H30N2O3S/c1-3-16-8-5-6-14-20(16)15-7-13-19-24(21,22)18-11-9-17(10-12-18)23-4-2/h9-12,16,19H,3-8,13-15H2,1-2H3/t16-/m0/s1. The van der Waals surface area contributed by atoms with Gasteiger partial charge in [-0.15, -0.1) is 0 Å². The maximum absolute atomic E-state index is 12.3. The maximum atomic E-state index is 12.3. The van der Waals surface area contributed by atoms with Crippen LogP contribution in [0.15, 0.2) is 29.2 Å². The molecule has 0 aliphatic carbocycles. The minimum atomic E-state index is -3.44. The van der Waals surface area contributed by atoms with Crippen LogP contribution in [-0.2, 0) is 10.0 Å². The third-order valence-electron chi connectivity index (χ3n) is 4.58. The summed E-state index contributed by atoms with van der Waals surface area (Å²) in [4.78, 5) is 2.80. The topological polar surface area (TPSA) is 58.6 Å². The Morgan fingerprint density at radius 1 is 1.21 bits per heavy atom. The molecule has 1 aliphatic rings. The molecule has 0 spiro atoms. The van der Waals surface area contributed by atoms with E-state index in [1.54, 1.807) is 24.3 Å². The smallest absolute Gasteiger partial charge is 0.240 e. The fourth-order valence-corrected chi connectivity index (χ4v) is 4.34. The number of nitrogens with one attached hydrogen (secondary N) is 1. The summed E-state index contributed by atoms with van der Waals surface area (Å²) >= 11 is 0. The zero-order valence-electron chi connectivity index (χ0n) is 14.8. The minimum absolute atomic E-state index is 0.287. The highest BCUT2D eigenvalue weighted by Crippen LogP contribution is 2.19. The van der Waals surface area contributed by atoms with Crippen molar-refractivity contribution in [2.45, 2.75) is 56.9 Å². The highest BCUT2D eigenvalue weighted by atomic mass is 32.2. The molecule has 0 unspecified atom stereocenters. The van der Waals surface area contributed by atoms with Crippen LogP contribution in [0.25, 0.3) is 0 Å². The van der Waals surface area contributed by atoms with Gasteiger partial charge in [0.05, 0.1) is 11.5 Å². The van der Waals surface area contributed by atoms with E-state index < -0.39 is 10.0 Å². The van der Waals surface area contributed by atoms with Crippen molar-refractivity contribution >= 4 is 10.0 Å². The quantitative estimate of drug-likeness (QED) is 0.693. The van der Waals surface area contributed by atoms with Crippen LogP contribution in [0.1, 0.15) is 46.0 Å². The number of hydrogen-bond acceptors (Lipinski definition) is 4. The van der Waals surface area contributed by atoms with Gasteiger partial charge in [0.15, 0.2) is 0 Å². The number of sulfonamides is 1. The highest BCUT2D eigenvalue weighted by molar-refractivity contribution is 7.89. The van der Waals surface area contributed by atoms with Crippen molar-refractivity contribution in [3.8, 4) is 5.75 Å². The molecule has 0 saturated carbocycles. The summed E-state index contributed by atoms with van der Waals surface area (Å²) < 4.78 is 32.7. The van der Waals surface area contributed by atoms with Crippen LogP contribution in [0, 0.1) is 0 Å². The van der Waals surface area contributed by atoms with E-state index in [1.807, 2.05) is 6.92 Å². The number of rotatable bonds is 9. The Hall–Kier alpha value is -1.11. The van der Waals surface area contributed by atoms with Gasteiger partial charge in [0.2, 0.25) is 10.0 Å². The molecule has 1 N–H and O–H groups in total. The third-order valence-corrected chi connectivity index (χ3v) is 6.06. The van der Waals surface area contributed by atoms with Gasteiger partial charge < -0.3 is 9.64 Å². The van der Waals surface area contributed by atoms with Crippen molar-refractivity contribution in [2.24, 2.45) is 0 Å². The second kappa shape index (κ2) is 9.39. The van der Waals surface area contributed by atoms with E-state index in [-0.39, 0.29) is 4.90 Å². The number of hydrogen-bond donors (Lipinski definition) is 1. The van der Waals surface area contributed by atoms with E-state index in [9.17, 15) is 8.42 Å². The average molecular weight is 355 g/mol. The number of likely N-dealkylation sites (tertiary alicyclic amines) is 1. The van der Waals surface area contributed by atoms with E-state index in [0.29, 0.717) is 24.9 Å². The zero-order chi connectivity index (χ0) is 17.4. The Kier molecular flexibility index (Phi) is 7.52. The van der Waals surface area contributed by atoms with Gasteiger partial charge in [-0.2, -0.15) is 0 Å². The first-order valence-corrected chi connectivity index (χ1v) is 10.5. The van der Waals surface area contributed by atoms with E-state index >= 15 is 0 Å². The fourth-order valence-electron chi connectivity index (χ4n) is 3.27.